The number of pyridine rings is 3. The van der Waals surface area contributed by atoms with Crippen molar-refractivity contribution in [3.63, 3.8) is 0 Å². The Balaban J connectivity index is 0.000000447. The molecule has 0 atom stereocenters. The number of aromatic nitrogens is 8. The van der Waals surface area contributed by atoms with Crippen molar-refractivity contribution in [1.29, 1.82) is 0 Å². The summed E-state index contributed by atoms with van der Waals surface area (Å²) in [4.78, 5) is 0. The molecule has 0 fully saturated rings. The number of benzene rings is 10. The Labute approximate surface area is 652 Å². The molecule has 0 aliphatic rings. The second kappa shape index (κ2) is 49.4. The van der Waals surface area contributed by atoms with Crippen LogP contribution in [-0.2, 0) is 28.2 Å². The van der Waals surface area contributed by atoms with Gasteiger partial charge in [0.2, 0.25) is 0 Å². The van der Waals surface area contributed by atoms with E-state index in [1.165, 1.54) is 143 Å². The van der Waals surface area contributed by atoms with Gasteiger partial charge in [-0.25, -0.2) is 18.3 Å². The quantitative estimate of drug-likeness (QED) is 0.122. The smallest absolute Gasteiger partial charge is 0.232 e. The number of fused-ring (bicyclic) bond motifs is 22. The summed E-state index contributed by atoms with van der Waals surface area (Å²) in [5.41, 5.74) is 20.3. The Morgan fingerprint density at radius 1 is 0.241 bits per heavy atom. The van der Waals surface area contributed by atoms with Gasteiger partial charge >= 0.3 is 0 Å². The van der Waals surface area contributed by atoms with Gasteiger partial charge in [-0.15, -0.1) is 0 Å². The molecular weight excluding hydrogens is 1310 g/mol. The van der Waals surface area contributed by atoms with Crippen molar-refractivity contribution in [3.8, 4) is 17.1 Å². The Kier molecular flexibility index (Phi) is 42.9. The third-order valence-corrected chi connectivity index (χ3v) is 17.3. The molecule has 0 saturated heterocycles. The van der Waals surface area contributed by atoms with E-state index >= 15 is 0 Å². The third kappa shape index (κ3) is 19.8. The van der Waals surface area contributed by atoms with Crippen LogP contribution >= 0.6 is 0 Å². The Morgan fingerprint density at radius 3 is 0.935 bits per heavy atom. The lowest BCUT2D eigenvalue weighted by Crippen LogP contribution is -2.29. The molecular formula is C100H138N8+4. The highest BCUT2D eigenvalue weighted by Crippen LogP contribution is 2.36. The van der Waals surface area contributed by atoms with Crippen LogP contribution in [0.2, 0.25) is 0 Å². The van der Waals surface area contributed by atoms with Gasteiger partial charge in [-0.2, -0.15) is 17.8 Å². The molecule has 0 bridgehead atoms. The van der Waals surface area contributed by atoms with Crippen LogP contribution in [0.25, 0.3) is 121 Å². The van der Waals surface area contributed by atoms with Crippen molar-refractivity contribution in [1.82, 2.24) is 17.8 Å². The molecule has 8 nitrogen and oxygen atoms in total. The molecule has 7 heterocycles. The maximum absolute atomic E-state index is 2.40. The molecule has 17 aromatic rings. The van der Waals surface area contributed by atoms with E-state index in [1.807, 2.05) is 172 Å². The van der Waals surface area contributed by atoms with Crippen LogP contribution in [0.3, 0.4) is 0 Å². The zero-order chi connectivity index (χ0) is 81.3. The topological polar surface area (TPSA) is 33.7 Å². The molecule has 0 radical (unpaired) electrons. The Hall–Kier alpha value is -10.4. The van der Waals surface area contributed by atoms with Gasteiger partial charge in [0.25, 0.3) is 22.8 Å². The molecule has 0 unspecified atom stereocenters. The van der Waals surface area contributed by atoms with E-state index in [2.05, 4.69) is 341 Å². The summed E-state index contributed by atoms with van der Waals surface area (Å²) in [5.74, 6) is 1.20. The van der Waals surface area contributed by atoms with Gasteiger partial charge in [-0.3, -0.25) is 0 Å². The van der Waals surface area contributed by atoms with Gasteiger partial charge in [-0.05, 0) is 111 Å². The summed E-state index contributed by atoms with van der Waals surface area (Å²) in [7, 11) is 8.52. The molecule has 0 aliphatic heterocycles. The molecule has 7 aromatic heterocycles. The number of nitrogens with zero attached hydrogens (tertiary/aromatic N) is 8. The average Bonchev–Trinajstić information content (AvgIpc) is 1.54. The summed E-state index contributed by atoms with van der Waals surface area (Å²) < 4.78 is 18.3. The molecule has 0 N–H and O–H groups in total. The maximum Gasteiger partial charge on any atom is 0.295 e. The number of imidazole rings is 4. The zero-order valence-corrected chi connectivity index (χ0v) is 72.8. The van der Waals surface area contributed by atoms with E-state index in [-0.39, 0.29) is 0 Å². The van der Waals surface area contributed by atoms with Crippen LogP contribution in [0.15, 0.2) is 255 Å². The van der Waals surface area contributed by atoms with Gasteiger partial charge in [-0.1, -0.05) is 336 Å². The maximum atomic E-state index is 2.40. The van der Waals surface area contributed by atoms with Gasteiger partial charge in [0.05, 0.1) is 49.9 Å². The van der Waals surface area contributed by atoms with E-state index in [0.29, 0.717) is 0 Å². The van der Waals surface area contributed by atoms with Gasteiger partial charge < -0.3 is 0 Å². The van der Waals surface area contributed by atoms with Crippen molar-refractivity contribution in [2.45, 2.75) is 194 Å². The standard InChI is InChI=1S/2C21H17N2.C17H15N2.C17H17N2.12C2H6/c2*1-14-8-7-10-16-15-9-3-4-11-17(15)23-19-13-6-5-12-18(19)22(2)21(23)20(14)16;1-12-6-5-8-14-13-7-3-4-9-15(13)19-11-10-18(2)17(19)16(12)14;1-14-8-6-7-11-16(14)17-18(2)12-13-19(17)15-9-4-3-5-10-15;12*1-2/h2*3-13H,1-2H3;3-11H,1-2H3;3-13H,1-2H3;12*1-2H3/q4*+1;;;;;;;;;;;;. The number of hydrogen-bond acceptors (Lipinski definition) is 0. The average molecular weight is 1450 g/mol. The first-order valence-corrected chi connectivity index (χ1v) is 40.9. The highest BCUT2D eigenvalue weighted by Gasteiger charge is 2.26. The van der Waals surface area contributed by atoms with Crippen LogP contribution in [0, 0.1) is 27.7 Å². The predicted molar refractivity (Wildman–Crippen MR) is 483 cm³/mol. The normalized spacial score (nSPS) is 9.67. The summed E-state index contributed by atoms with van der Waals surface area (Å²) in [6.07, 6.45) is 8.46. The molecule has 0 saturated carbocycles. The van der Waals surface area contributed by atoms with Crippen molar-refractivity contribution in [3.05, 3.63) is 278 Å². The first-order chi connectivity index (χ1) is 53.1. The SMILES string of the molecule is CC.CC.CC.CC.CC.CC.CC.CC.CC.CC.CC.CC.Cc1cccc2c3ccccc3n3c4ccccc4[n+](C)c3c12.Cc1cccc2c3ccccc3n3c4ccccc4[n+](C)c3c12.Cc1cccc2c3ccccc3n3cc[n+](C)c3c12.Cc1ccccc1-c1n(-c2ccccc2)cc[n+]1C. The molecule has 17 rings (SSSR count). The summed E-state index contributed by atoms with van der Waals surface area (Å²) >= 11 is 0. The number of hydrogen-bond donors (Lipinski definition) is 0. The van der Waals surface area contributed by atoms with E-state index in [0.717, 1.165) is 0 Å². The first kappa shape index (κ1) is 93.6. The van der Waals surface area contributed by atoms with Crippen LogP contribution in [0.5, 0.6) is 0 Å². The van der Waals surface area contributed by atoms with Crippen LogP contribution in [0.4, 0.5) is 0 Å². The van der Waals surface area contributed by atoms with E-state index in [9.17, 15) is 0 Å². The molecule has 0 spiro atoms. The number of aryl methyl sites for hydroxylation is 8. The monoisotopic (exact) mass is 1450 g/mol. The van der Waals surface area contributed by atoms with E-state index in [4.69, 9.17) is 0 Å². The molecule has 0 aliphatic carbocycles. The first-order valence-electron chi connectivity index (χ1n) is 40.9. The molecule has 8 heteroatoms. The third-order valence-electron chi connectivity index (χ3n) is 17.3. The van der Waals surface area contributed by atoms with Gasteiger partial charge in [0.1, 0.15) is 47.0 Å². The lowest BCUT2D eigenvalue weighted by atomic mass is 10.0. The van der Waals surface area contributed by atoms with Gasteiger partial charge in [0, 0.05) is 32.3 Å². The zero-order valence-electron chi connectivity index (χ0n) is 72.8. The summed E-state index contributed by atoms with van der Waals surface area (Å²) in [6.45, 7) is 56.7. The molecule has 574 valence electrons. The fraction of sp³-hybridized carbons (Fsp3) is 0.320. The molecule has 0 amide bonds. The van der Waals surface area contributed by atoms with Gasteiger partial charge in [0.15, 0.2) is 22.1 Å². The minimum atomic E-state index is 1.18. The number of para-hydroxylation sites is 8. The van der Waals surface area contributed by atoms with Crippen molar-refractivity contribution >= 4 is 104 Å². The summed E-state index contributed by atoms with van der Waals surface area (Å²) in [5, 5.41) is 11.9. The fourth-order valence-corrected chi connectivity index (χ4v) is 13.3. The summed E-state index contributed by atoms with van der Waals surface area (Å²) in [6, 6.07) is 81.9. The minimum absolute atomic E-state index is 1.18. The largest absolute Gasteiger partial charge is 0.295 e. The predicted octanol–water partition coefficient (Wildman–Crippen LogP) is 28.0. The van der Waals surface area contributed by atoms with Crippen LogP contribution in [-0.4, -0.2) is 17.8 Å². The Bertz CT molecular complexity index is 5230. The van der Waals surface area contributed by atoms with Crippen LogP contribution in [0.1, 0.15) is 188 Å². The lowest BCUT2D eigenvalue weighted by molar-refractivity contribution is -0.659. The number of rotatable bonds is 2. The Morgan fingerprint density at radius 2 is 0.537 bits per heavy atom. The van der Waals surface area contributed by atoms with Crippen molar-refractivity contribution in [2.75, 3.05) is 0 Å². The van der Waals surface area contributed by atoms with Crippen molar-refractivity contribution < 1.29 is 18.3 Å². The fourth-order valence-electron chi connectivity index (χ4n) is 13.3. The van der Waals surface area contributed by atoms with E-state index < -0.39 is 0 Å². The highest BCUT2D eigenvalue weighted by molar-refractivity contribution is 6.15. The van der Waals surface area contributed by atoms with Crippen molar-refractivity contribution in [2.24, 2.45) is 28.2 Å². The molecule has 108 heavy (non-hydrogen) atoms. The van der Waals surface area contributed by atoms with E-state index in [1.54, 1.807) is 0 Å². The second-order valence-corrected chi connectivity index (χ2v) is 22.3. The second-order valence-electron chi connectivity index (χ2n) is 22.3. The molecule has 10 aromatic carbocycles. The lowest BCUT2D eigenvalue weighted by Gasteiger charge is -2.06. The highest BCUT2D eigenvalue weighted by atomic mass is 15.1. The van der Waals surface area contributed by atoms with Crippen LogP contribution < -0.4 is 18.3 Å². The minimum Gasteiger partial charge on any atom is -0.232 e.